The summed E-state index contributed by atoms with van der Waals surface area (Å²) in [6, 6.07) is 4.86. The van der Waals surface area contributed by atoms with Gasteiger partial charge in [0.15, 0.2) is 0 Å². The molecule has 1 heterocycles. The van der Waals surface area contributed by atoms with Gasteiger partial charge in [-0.1, -0.05) is 0 Å². The lowest BCUT2D eigenvalue weighted by Crippen LogP contribution is -1.75. The van der Waals surface area contributed by atoms with Crippen LogP contribution in [0.15, 0.2) is 23.6 Å². The third-order valence-electron chi connectivity index (χ3n) is 1.79. The minimum atomic E-state index is -0.177. The van der Waals surface area contributed by atoms with E-state index in [1.54, 1.807) is 17.4 Å². The Hall–Kier alpha value is -0.540. The standard InChI is InChI=1S/C9H7FS2/c10-7-1-2-9-8(3-7)6(4-11)5-12-9/h1-3,5,11H,4H2. The lowest BCUT2D eigenvalue weighted by atomic mass is 10.2. The van der Waals surface area contributed by atoms with Gasteiger partial charge in [0, 0.05) is 10.5 Å². The van der Waals surface area contributed by atoms with E-state index in [0.29, 0.717) is 5.75 Å². The van der Waals surface area contributed by atoms with E-state index in [0.717, 1.165) is 15.6 Å². The van der Waals surface area contributed by atoms with Gasteiger partial charge < -0.3 is 0 Å². The molecule has 0 atom stereocenters. The molecule has 0 spiro atoms. The molecule has 0 saturated carbocycles. The molecule has 2 aromatic rings. The maximum atomic E-state index is 12.8. The average molecular weight is 198 g/mol. The molecule has 0 aliphatic heterocycles. The molecule has 12 heavy (non-hydrogen) atoms. The van der Waals surface area contributed by atoms with E-state index in [9.17, 15) is 4.39 Å². The fraction of sp³-hybridized carbons (Fsp3) is 0.111. The number of benzene rings is 1. The van der Waals surface area contributed by atoms with Gasteiger partial charge in [0.1, 0.15) is 5.82 Å². The van der Waals surface area contributed by atoms with Crippen LogP contribution in [0.5, 0.6) is 0 Å². The average Bonchev–Trinajstić information content (AvgIpc) is 2.46. The lowest BCUT2D eigenvalue weighted by molar-refractivity contribution is 0.630. The smallest absolute Gasteiger partial charge is 0.123 e. The molecular weight excluding hydrogens is 191 g/mol. The van der Waals surface area contributed by atoms with Crippen molar-refractivity contribution < 1.29 is 4.39 Å². The van der Waals surface area contributed by atoms with Crippen molar-refractivity contribution in [2.24, 2.45) is 0 Å². The second-order valence-corrected chi connectivity index (χ2v) is 3.79. The van der Waals surface area contributed by atoms with Crippen molar-refractivity contribution in [3.63, 3.8) is 0 Å². The van der Waals surface area contributed by atoms with E-state index < -0.39 is 0 Å². The van der Waals surface area contributed by atoms with Crippen LogP contribution in [0.25, 0.3) is 10.1 Å². The maximum Gasteiger partial charge on any atom is 0.123 e. The largest absolute Gasteiger partial charge is 0.207 e. The van der Waals surface area contributed by atoms with Gasteiger partial charge >= 0.3 is 0 Å². The van der Waals surface area contributed by atoms with Gasteiger partial charge in [-0.25, -0.2) is 4.39 Å². The van der Waals surface area contributed by atoms with Crippen molar-refractivity contribution in [2.75, 3.05) is 0 Å². The highest BCUT2D eigenvalue weighted by Crippen LogP contribution is 2.27. The minimum absolute atomic E-state index is 0.177. The molecule has 0 radical (unpaired) electrons. The van der Waals surface area contributed by atoms with Crippen LogP contribution in [0.1, 0.15) is 5.56 Å². The number of thiol groups is 1. The predicted octanol–water partition coefficient (Wildman–Crippen LogP) is 3.47. The molecule has 0 amide bonds. The molecule has 1 aromatic heterocycles. The highest BCUT2D eigenvalue weighted by Gasteiger charge is 2.02. The molecule has 0 aliphatic rings. The number of fused-ring (bicyclic) bond motifs is 1. The van der Waals surface area contributed by atoms with Crippen molar-refractivity contribution in [3.05, 3.63) is 35.0 Å². The van der Waals surface area contributed by atoms with Crippen molar-refractivity contribution in [3.8, 4) is 0 Å². The zero-order chi connectivity index (χ0) is 8.55. The molecule has 0 saturated heterocycles. The van der Waals surface area contributed by atoms with Crippen LogP contribution in [0, 0.1) is 5.82 Å². The summed E-state index contributed by atoms with van der Waals surface area (Å²) >= 11 is 5.80. The fourth-order valence-corrected chi connectivity index (χ4v) is 2.50. The predicted molar refractivity (Wildman–Crippen MR) is 54.5 cm³/mol. The first-order valence-corrected chi connectivity index (χ1v) is 5.09. The molecule has 1 aromatic carbocycles. The van der Waals surface area contributed by atoms with Crippen LogP contribution in [0.3, 0.4) is 0 Å². The first kappa shape index (κ1) is 8.08. The van der Waals surface area contributed by atoms with E-state index in [-0.39, 0.29) is 5.82 Å². The number of hydrogen-bond acceptors (Lipinski definition) is 2. The van der Waals surface area contributed by atoms with Crippen LogP contribution < -0.4 is 0 Å². The van der Waals surface area contributed by atoms with Crippen LogP contribution >= 0.6 is 24.0 Å². The van der Waals surface area contributed by atoms with Gasteiger partial charge in [-0.05, 0) is 34.5 Å². The van der Waals surface area contributed by atoms with E-state index in [4.69, 9.17) is 0 Å². The third-order valence-corrected chi connectivity index (χ3v) is 3.14. The first-order valence-electron chi connectivity index (χ1n) is 3.58. The SMILES string of the molecule is Fc1ccc2scc(CS)c2c1. The second kappa shape index (κ2) is 3.07. The van der Waals surface area contributed by atoms with E-state index in [1.807, 2.05) is 11.4 Å². The lowest BCUT2D eigenvalue weighted by Gasteiger charge is -1.92. The first-order chi connectivity index (χ1) is 5.81. The number of rotatable bonds is 1. The molecule has 0 bridgehead atoms. The van der Waals surface area contributed by atoms with Gasteiger partial charge in [0.25, 0.3) is 0 Å². The van der Waals surface area contributed by atoms with Gasteiger partial charge in [0.05, 0.1) is 0 Å². The highest BCUT2D eigenvalue weighted by molar-refractivity contribution is 7.79. The zero-order valence-electron chi connectivity index (χ0n) is 6.25. The number of thiophene rings is 1. The van der Waals surface area contributed by atoms with Crippen molar-refractivity contribution in [1.29, 1.82) is 0 Å². The molecule has 0 nitrogen and oxygen atoms in total. The summed E-state index contributed by atoms with van der Waals surface area (Å²) in [4.78, 5) is 0. The Morgan fingerprint density at radius 3 is 3.00 bits per heavy atom. The Balaban J connectivity index is 2.75. The van der Waals surface area contributed by atoms with E-state index >= 15 is 0 Å². The summed E-state index contributed by atoms with van der Waals surface area (Å²) in [7, 11) is 0. The third kappa shape index (κ3) is 1.23. The Morgan fingerprint density at radius 2 is 2.25 bits per heavy atom. The van der Waals surface area contributed by atoms with Crippen molar-refractivity contribution >= 4 is 34.1 Å². The number of halogens is 1. The van der Waals surface area contributed by atoms with Gasteiger partial charge in [-0.3, -0.25) is 0 Å². The topological polar surface area (TPSA) is 0 Å². The van der Waals surface area contributed by atoms with Gasteiger partial charge in [-0.2, -0.15) is 12.6 Å². The molecule has 3 heteroatoms. The summed E-state index contributed by atoms with van der Waals surface area (Å²) in [6.45, 7) is 0. The van der Waals surface area contributed by atoms with Crippen LogP contribution in [0.2, 0.25) is 0 Å². The molecule has 0 N–H and O–H groups in total. The quantitative estimate of drug-likeness (QED) is 0.666. The van der Waals surface area contributed by atoms with Crippen molar-refractivity contribution in [1.82, 2.24) is 0 Å². The molecule has 0 aliphatic carbocycles. The Bertz CT molecular complexity index is 406. The fourth-order valence-electron chi connectivity index (χ4n) is 1.18. The Kier molecular flexibility index (Phi) is 2.07. The molecular formula is C9H7FS2. The van der Waals surface area contributed by atoms with E-state index in [2.05, 4.69) is 12.6 Å². The Morgan fingerprint density at radius 1 is 1.42 bits per heavy atom. The Labute approximate surface area is 79.4 Å². The van der Waals surface area contributed by atoms with Gasteiger partial charge in [-0.15, -0.1) is 11.3 Å². The molecule has 0 fully saturated rings. The summed E-state index contributed by atoms with van der Waals surface area (Å²) in [6.07, 6.45) is 0. The minimum Gasteiger partial charge on any atom is -0.207 e. The van der Waals surface area contributed by atoms with Crippen LogP contribution in [-0.2, 0) is 5.75 Å². The normalized spacial score (nSPS) is 10.8. The summed E-state index contributed by atoms with van der Waals surface area (Å²) in [5.41, 5.74) is 1.11. The molecule has 0 unspecified atom stereocenters. The summed E-state index contributed by atoms with van der Waals surface area (Å²) < 4.78 is 13.9. The van der Waals surface area contributed by atoms with E-state index in [1.165, 1.54) is 6.07 Å². The highest BCUT2D eigenvalue weighted by atomic mass is 32.1. The van der Waals surface area contributed by atoms with Crippen LogP contribution in [0.4, 0.5) is 4.39 Å². The van der Waals surface area contributed by atoms with Crippen molar-refractivity contribution in [2.45, 2.75) is 5.75 Å². The van der Waals surface area contributed by atoms with Gasteiger partial charge in [0.2, 0.25) is 0 Å². The van der Waals surface area contributed by atoms with Crippen LogP contribution in [-0.4, -0.2) is 0 Å². The maximum absolute atomic E-state index is 12.8. The summed E-state index contributed by atoms with van der Waals surface area (Å²) in [5.74, 6) is 0.493. The second-order valence-electron chi connectivity index (χ2n) is 2.56. The monoisotopic (exact) mass is 198 g/mol. The molecule has 62 valence electrons. The molecule has 2 rings (SSSR count). The number of hydrogen-bond donors (Lipinski definition) is 1. The summed E-state index contributed by atoms with van der Waals surface area (Å²) in [5, 5.41) is 3.02. The zero-order valence-corrected chi connectivity index (χ0v) is 7.96.